The summed E-state index contributed by atoms with van der Waals surface area (Å²) in [5.74, 6) is 1.04. The first-order valence-corrected chi connectivity index (χ1v) is 8.64. The minimum absolute atomic E-state index is 0.299. The lowest BCUT2D eigenvalue weighted by Gasteiger charge is -2.18. The van der Waals surface area contributed by atoms with Crippen molar-refractivity contribution in [3.8, 4) is 0 Å². The highest BCUT2D eigenvalue weighted by atomic mass is 79.9. The molecule has 0 saturated carbocycles. The van der Waals surface area contributed by atoms with Crippen molar-refractivity contribution in [2.45, 2.75) is 45.7 Å². The number of hydrogen-bond donors (Lipinski definition) is 1. The Bertz CT molecular complexity index is 535. The molecule has 110 valence electrons. The molecule has 0 radical (unpaired) electrons. The second-order valence-corrected chi connectivity index (χ2v) is 6.95. The largest absolute Gasteiger partial charge is 0.309 e. The van der Waals surface area contributed by atoms with Crippen LogP contribution in [-0.4, -0.2) is 21.3 Å². The molecule has 2 aromatic heterocycles. The van der Waals surface area contributed by atoms with Gasteiger partial charge in [-0.3, -0.25) is 0 Å². The number of halogens is 1. The Kier molecular flexibility index (Phi) is 5.74. The topological polar surface area (TPSA) is 42.7 Å². The molecule has 4 nitrogen and oxygen atoms in total. The van der Waals surface area contributed by atoms with E-state index in [1.807, 2.05) is 4.68 Å². The van der Waals surface area contributed by atoms with E-state index >= 15 is 0 Å². The van der Waals surface area contributed by atoms with Crippen molar-refractivity contribution in [1.29, 1.82) is 0 Å². The molecule has 0 spiro atoms. The molecule has 2 aromatic rings. The van der Waals surface area contributed by atoms with Crippen LogP contribution in [0.3, 0.4) is 0 Å². The Balaban J connectivity index is 2.17. The Morgan fingerprint density at radius 3 is 2.85 bits per heavy atom. The summed E-state index contributed by atoms with van der Waals surface area (Å²) >= 11 is 5.31. The predicted molar refractivity (Wildman–Crippen MR) is 87.2 cm³/mol. The molecule has 0 saturated heterocycles. The first kappa shape index (κ1) is 15.7. The standard InChI is InChI=1S/C14H21BrN4S/c1-4-5-16-12(13-6-11(15)8-20-13)7-14-17-9-18-19(14)10(2)3/h6,8-10,12,16H,4-5,7H2,1-3H3. The van der Waals surface area contributed by atoms with Gasteiger partial charge >= 0.3 is 0 Å². The van der Waals surface area contributed by atoms with Gasteiger partial charge in [-0.15, -0.1) is 11.3 Å². The van der Waals surface area contributed by atoms with Crippen LogP contribution >= 0.6 is 27.3 Å². The minimum Gasteiger partial charge on any atom is -0.309 e. The molecule has 6 heteroatoms. The number of rotatable bonds is 7. The second kappa shape index (κ2) is 7.33. The Hall–Kier alpha value is -0.720. The number of aromatic nitrogens is 3. The van der Waals surface area contributed by atoms with Crippen LogP contribution in [0.2, 0.25) is 0 Å². The fraction of sp³-hybridized carbons (Fsp3) is 0.571. The molecule has 0 aliphatic rings. The average Bonchev–Trinajstić information content (AvgIpc) is 3.03. The van der Waals surface area contributed by atoms with Gasteiger partial charge < -0.3 is 5.32 Å². The van der Waals surface area contributed by atoms with Gasteiger partial charge in [0.05, 0.1) is 0 Å². The Morgan fingerprint density at radius 1 is 1.45 bits per heavy atom. The van der Waals surface area contributed by atoms with Crippen LogP contribution in [0, 0.1) is 0 Å². The minimum atomic E-state index is 0.299. The molecule has 2 rings (SSSR count). The van der Waals surface area contributed by atoms with E-state index in [1.54, 1.807) is 17.7 Å². The molecule has 2 heterocycles. The van der Waals surface area contributed by atoms with Crippen LogP contribution in [0.25, 0.3) is 0 Å². The van der Waals surface area contributed by atoms with E-state index in [2.05, 4.69) is 63.5 Å². The van der Waals surface area contributed by atoms with Gasteiger partial charge in [-0.2, -0.15) is 5.10 Å². The van der Waals surface area contributed by atoms with Crippen molar-refractivity contribution < 1.29 is 0 Å². The number of nitrogens with zero attached hydrogens (tertiary/aromatic N) is 3. The van der Waals surface area contributed by atoms with E-state index < -0.39 is 0 Å². The van der Waals surface area contributed by atoms with E-state index in [0.29, 0.717) is 12.1 Å². The number of hydrogen-bond acceptors (Lipinski definition) is 4. The molecule has 0 aliphatic heterocycles. The monoisotopic (exact) mass is 356 g/mol. The molecule has 0 aliphatic carbocycles. The van der Waals surface area contributed by atoms with Gasteiger partial charge in [0.2, 0.25) is 0 Å². The highest BCUT2D eigenvalue weighted by Gasteiger charge is 2.18. The summed E-state index contributed by atoms with van der Waals surface area (Å²) in [6.07, 6.45) is 3.64. The van der Waals surface area contributed by atoms with Crippen LogP contribution in [0.4, 0.5) is 0 Å². The maximum atomic E-state index is 4.42. The zero-order valence-corrected chi connectivity index (χ0v) is 14.5. The van der Waals surface area contributed by atoms with Gasteiger partial charge in [-0.25, -0.2) is 9.67 Å². The van der Waals surface area contributed by atoms with Gasteiger partial charge in [0.1, 0.15) is 12.2 Å². The third-order valence-electron chi connectivity index (χ3n) is 3.10. The van der Waals surface area contributed by atoms with Gasteiger partial charge in [0, 0.05) is 33.2 Å². The summed E-state index contributed by atoms with van der Waals surface area (Å²) in [7, 11) is 0. The van der Waals surface area contributed by atoms with E-state index in [1.165, 1.54) is 4.88 Å². The molecular formula is C14H21BrN4S. The van der Waals surface area contributed by atoms with Crippen molar-refractivity contribution in [3.63, 3.8) is 0 Å². The van der Waals surface area contributed by atoms with Gasteiger partial charge in [-0.05, 0) is 48.8 Å². The van der Waals surface area contributed by atoms with Crippen molar-refractivity contribution in [2.24, 2.45) is 0 Å². The number of nitrogens with one attached hydrogen (secondary N) is 1. The van der Waals surface area contributed by atoms with Gasteiger partial charge in [0.15, 0.2) is 0 Å². The molecule has 0 fully saturated rings. The van der Waals surface area contributed by atoms with Crippen LogP contribution in [0.1, 0.15) is 50.0 Å². The maximum absolute atomic E-state index is 4.42. The quantitative estimate of drug-likeness (QED) is 0.816. The molecule has 1 unspecified atom stereocenters. The van der Waals surface area contributed by atoms with Crippen LogP contribution in [0.5, 0.6) is 0 Å². The van der Waals surface area contributed by atoms with Crippen molar-refractivity contribution in [2.75, 3.05) is 6.54 Å². The predicted octanol–water partition coefficient (Wildman–Crippen LogP) is 3.97. The highest BCUT2D eigenvalue weighted by Crippen LogP contribution is 2.28. The summed E-state index contributed by atoms with van der Waals surface area (Å²) in [6, 6.07) is 2.83. The summed E-state index contributed by atoms with van der Waals surface area (Å²) in [4.78, 5) is 5.76. The van der Waals surface area contributed by atoms with Crippen LogP contribution < -0.4 is 5.32 Å². The summed E-state index contributed by atoms with van der Waals surface area (Å²) in [5.41, 5.74) is 0. The summed E-state index contributed by atoms with van der Waals surface area (Å²) < 4.78 is 3.15. The van der Waals surface area contributed by atoms with E-state index in [0.717, 1.165) is 29.7 Å². The van der Waals surface area contributed by atoms with Crippen LogP contribution in [-0.2, 0) is 6.42 Å². The zero-order valence-electron chi connectivity index (χ0n) is 12.1. The molecule has 1 N–H and O–H groups in total. The van der Waals surface area contributed by atoms with Gasteiger partial charge in [0.25, 0.3) is 0 Å². The summed E-state index contributed by atoms with van der Waals surface area (Å²) in [6.45, 7) is 7.46. The molecule has 0 bridgehead atoms. The molecule has 20 heavy (non-hydrogen) atoms. The Morgan fingerprint density at radius 2 is 2.25 bits per heavy atom. The fourth-order valence-corrected chi connectivity index (χ4v) is 3.66. The average molecular weight is 357 g/mol. The first-order valence-electron chi connectivity index (χ1n) is 6.97. The highest BCUT2D eigenvalue weighted by molar-refractivity contribution is 9.10. The smallest absolute Gasteiger partial charge is 0.138 e. The van der Waals surface area contributed by atoms with E-state index in [4.69, 9.17) is 0 Å². The second-order valence-electron chi connectivity index (χ2n) is 5.09. The molecule has 1 atom stereocenters. The third-order valence-corrected chi connectivity index (χ3v) is 4.90. The number of thiophene rings is 1. The van der Waals surface area contributed by atoms with Crippen molar-refractivity contribution in [3.05, 3.63) is 32.9 Å². The van der Waals surface area contributed by atoms with Crippen molar-refractivity contribution >= 4 is 27.3 Å². The third kappa shape index (κ3) is 3.90. The summed E-state index contributed by atoms with van der Waals surface area (Å²) in [5, 5.41) is 10.1. The van der Waals surface area contributed by atoms with Crippen molar-refractivity contribution in [1.82, 2.24) is 20.1 Å². The molecule has 0 aromatic carbocycles. The lowest BCUT2D eigenvalue weighted by molar-refractivity contribution is 0.466. The maximum Gasteiger partial charge on any atom is 0.138 e. The first-order chi connectivity index (χ1) is 9.61. The lowest BCUT2D eigenvalue weighted by atomic mass is 10.1. The van der Waals surface area contributed by atoms with Gasteiger partial charge in [-0.1, -0.05) is 6.92 Å². The fourth-order valence-electron chi connectivity index (χ4n) is 2.14. The Labute approximate surface area is 132 Å². The molecule has 0 amide bonds. The molecular weight excluding hydrogens is 336 g/mol. The van der Waals surface area contributed by atoms with Crippen LogP contribution in [0.15, 0.2) is 22.2 Å². The lowest BCUT2D eigenvalue weighted by Crippen LogP contribution is -2.25. The normalized spacial score (nSPS) is 13.1. The van der Waals surface area contributed by atoms with E-state index in [-0.39, 0.29) is 0 Å². The SMILES string of the molecule is CCCNC(Cc1ncnn1C(C)C)c1cc(Br)cs1. The zero-order chi connectivity index (χ0) is 14.5. The van der Waals surface area contributed by atoms with E-state index in [9.17, 15) is 0 Å².